The molecule has 80 valence electrons. The standard InChI is InChI=1S/C14H13NO/c1-2-9-3-4-10-6-12-8-14(16)15-13(12)7-11(10)5-9/h3-7H,2,8H2,1H3,(H,15,16). The fraction of sp³-hybridized carbons (Fsp3) is 0.214. The first-order valence-corrected chi connectivity index (χ1v) is 5.61. The molecule has 2 aromatic carbocycles. The number of fused-ring (bicyclic) bond motifs is 2. The van der Waals surface area contributed by atoms with E-state index in [2.05, 4.69) is 42.6 Å². The lowest BCUT2D eigenvalue weighted by molar-refractivity contribution is -0.115. The molecule has 2 aromatic rings. The monoisotopic (exact) mass is 211 g/mol. The van der Waals surface area contributed by atoms with Crippen molar-refractivity contribution in [1.29, 1.82) is 0 Å². The second kappa shape index (κ2) is 3.34. The zero-order valence-electron chi connectivity index (χ0n) is 9.21. The molecule has 3 rings (SSSR count). The van der Waals surface area contributed by atoms with Crippen LogP contribution in [0.1, 0.15) is 18.1 Å². The quantitative estimate of drug-likeness (QED) is 0.772. The maximum absolute atomic E-state index is 11.3. The molecule has 0 unspecified atom stereocenters. The third kappa shape index (κ3) is 1.38. The summed E-state index contributed by atoms with van der Waals surface area (Å²) in [5.41, 5.74) is 3.42. The predicted molar refractivity (Wildman–Crippen MR) is 65.7 cm³/mol. The highest BCUT2D eigenvalue weighted by atomic mass is 16.1. The summed E-state index contributed by atoms with van der Waals surface area (Å²) in [6.45, 7) is 2.15. The minimum absolute atomic E-state index is 0.0982. The minimum Gasteiger partial charge on any atom is -0.326 e. The second-order valence-corrected chi connectivity index (χ2v) is 4.27. The van der Waals surface area contributed by atoms with Gasteiger partial charge in [-0.1, -0.05) is 25.1 Å². The number of nitrogens with one attached hydrogen (secondary N) is 1. The topological polar surface area (TPSA) is 29.1 Å². The highest BCUT2D eigenvalue weighted by molar-refractivity contribution is 6.02. The zero-order chi connectivity index (χ0) is 11.1. The molecule has 0 aliphatic carbocycles. The van der Waals surface area contributed by atoms with Gasteiger partial charge in [-0.25, -0.2) is 0 Å². The van der Waals surface area contributed by atoms with Gasteiger partial charge >= 0.3 is 0 Å². The van der Waals surface area contributed by atoms with E-state index in [-0.39, 0.29) is 5.91 Å². The van der Waals surface area contributed by atoms with Crippen molar-refractivity contribution < 1.29 is 4.79 Å². The summed E-state index contributed by atoms with van der Waals surface area (Å²) < 4.78 is 0. The molecule has 0 fully saturated rings. The summed E-state index contributed by atoms with van der Waals surface area (Å²) in [6.07, 6.45) is 1.56. The van der Waals surface area contributed by atoms with Gasteiger partial charge in [0.05, 0.1) is 6.42 Å². The molecule has 1 amide bonds. The van der Waals surface area contributed by atoms with E-state index in [1.54, 1.807) is 0 Å². The van der Waals surface area contributed by atoms with Crippen molar-refractivity contribution in [3.05, 3.63) is 41.5 Å². The van der Waals surface area contributed by atoms with E-state index in [4.69, 9.17) is 0 Å². The third-order valence-corrected chi connectivity index (χ3v) is 3.16. The molecule has 0 radical (unpaired) electrons. The Hall–Kier alpha value is -1.83. The Morgan fingerprint density at radius 3 is 2.88 bits per heavy atom. The van der Waals surface area contributed by atoms with Crippen LogP contribution in [0.25, 0.3) is 10.8 Å². The molecule has 1 heterocycles. The fourth-order valence-electron chi connectivity index (χ4n) is 2.24. The van der Waals surface area contributed by atoms with Gasteiger partial charge in [0.15, 0.2) is 0 Å². The second-order valence-electron chi connectivity index (χ2n) is 4.27. The smallest absolute Gasteiger partial charge is 0.228 e. The van der Waals surface area contributed by atoms with Crippen molar-refractivity contribution >= 4 is 22.4 Å². The minimum atomic E-state index is 0.0982. The lowest BCUT2D eigenvalue weighted by atomic mass is 10.0. The molecule has 16 heavy (non-hydrogen) atoms. The first-order valence-electron chi connectivity index (χ1n) is 5.61. The summed E-state index contributed by atoms with van der Waals surface area (Å²) in [4.78, 5) is 11.3. The molecular formula is C14H13NO. The van der Waals surface area contributed by atoms with Crippen LogP contribution in [-0.2, 0) is 17.6 Å². The van der Waals surface area contributed by atoms with Crippen molar-refractivity contribution in [2.45, 2.75) is 19.8 Å². The lowest BCUT2D eigenvalue weighted by Crippen LogP contribution is -2.03. The van der Waals surface area contributed by atoms with Crippen LogP contribution in [0.2, 0.25) is 0 Å². The lowest BCUT2D eigenvalue weighted by Gasteiger charge is -2.04. The van der Waals surface area contributed by atoms with Gasteiger partial charge in [-0.2, -0.15) is 0 Å². The number of benzene rings is 2. The average molecular weight is 211 g/mol. The number of aryl methyl sites for hydroxylation is 1. The molecule has 0 aromatic heterocycles. The predicted octanol–water partition coefficient (Wildman–Crippen LogP) is 2.90. The number of carbonyl (C=O) groups excluding carboxylic acids is 1. The zero-order valence-corrected chi connectivity index (χ0v) is 9.21. The van der Waals surface area contributed by atoms with Crippen LogP contribution in [0.3, 0.4) is 0 Å². The Balaban J connectivity index is 2.22. The molecule has 0 saturated heterocycles. The van der Waals surface area contributed by atoms with Crippen molar-refractivity contribution in [1.82, 2.24) is 0 Å². The molecule has 0 bridgehead atoms. The van der Waals surface area contributed by atoms with E-state index >= 15 is 0 Å². The third-order valence-electron chi connectivity index (χ3n) is 3.16. The molecule has 0 atom stereocenters. The van der Waals surface area contributed by atoms with Gasteiger partial charge in [-0.15, -0.1) is 0 Å². The molecule has 1 aliphatic heterocycles. The number of anilines is 1. The van der Waals surface area contributed by atoms with Crippen molar-refractivity contribution in [2.75, 3.05) is 5.32 Å². The Bertz CT molecular complexity index is 587. The first kappa shape index (κ1) is 9.40. The maximum Gasteiger partial charge on any atom is 0.228 e. The Morgan fingerprint density at radius 2 is 2.06 bits per heavy atom. The van der Waals surface area contributed by atoms with E-state index < -0.39 is 0 Å². The molecule has 1 aliphatic rings. The summed E-state index contributed by atoms with van der Waals surface area (Å²) >= 11 is 0. The molecule has 2 nitrogen and oxygen atoms in total. The fourth-order valence-corrected chi connectivity index (χ4v) is 2.24. The van der Waals surface area contributed by atoms with Gasteiger partial charge in [-0.05, 0) is 40.5 Å². The summed E-state index contributed by atoms with van der Waals surface area (Å²) in [7, 11) is 0. The van der Waals surface area contributed by atoms with Crippen LogP contribution in [0.15, 0.2) is 30.3 Å². The average Bonchev–Trinajstić information content (AvgIpc) is 2.64. The van der Waals surface area contributed by atoms with Crippen LogP contribution in [-0.4, -0.2) is 5.91 Å². The van der Waals surface area contributed by atoms with Crippen molar-refractivity contribution in [2.24, 2.45) is 0 Å². The molecule has 0 spiro atoms. The van der Waals surface area contributed by atoms with Crippen LogP contribution in [0.4, 0.5) is 5.69 Å². The Labute approximate surface area is 94.3 Å². The number of hydrogen-bond acceptors (Lipinski definition) is 1. The number of rotatable bonds is 1. The van der Waals surface area contributed by atoms with Gasteiger partial charge in [0.2, 0.25) is 5.91 Å². The van der Waals surface area contributed by atoms with Gasteiger partial charge < -0.3 is 5.32 Å². The Morgan fingerprint density at radius 1 is 1.19 bits per heavy atom. The molecular weight excluding hydrogens is 198 g/mol. The van der Waals surface area contributed by atoms with E-state index in [1.807, 2.05) is 0 Å². The van der Waals surface area contributed by atoms with Crippen molar-refractivity contribution in [3.63, 3.8) is 0 Å². The normalized spacial score (nSPS) is 13.9. The molecule has 2 heteroatoms. The maximum atomic E-state index is 11.3. The van der Waals surface area contributed by atoms with Crippen LogP contribution in [0.5, 0.6) is 0 Å². The highest BCUT2D eigenvalue weighted by Gasteiger charge is 2.17. The first-order chi connectivity index (χ1) is 7.76. The summed E-state index contributed by atoms with van der Waals surface area (Å²) in [5.74, 6) is 0.0982. The number of carbonyl (C=O) groups is 1. The molecule has 1 N–H and O–H groups in total. The highest BCUT2D eigenvalue weighted by Crippen LogP contribution is 2.29. The SMILES string of the molecule is CCc1ccc2cc3c(cc2c1)NC(=O)C3. The van der Waals surface area contributed by atoms with Crippen LogP contribution >= 0.6 is 0 Å². The number of amides is 1. The molecule has 0 saturated carbocycles. The van der Waals surface area contributed by atoms with Gasteiger partial charge in [0.25, 0.3) is 0 Å². The van der Waals surface area contributed by atoms with E-state index in [1.165, 1.54) is 16.3 Å². The van der Waals surface area contributed by atoms with Gasteiger partial charge in [-0.3, -0.25) is 4.79 Å². The van der Waals surface area contributed by atoms with E-state index in [0.29, 0.717) is 6.42 Å². The summed E-state index contributed by atoms with van der Waals surface area (Å²) in [6, 6.07) is 10.7. The number of hydrogen-bond donors (Lipinski definition) is 1. The van der Waals surface area contributed by atoms with Crippen LogP contribution < -0.4 is 5.32 Å². The summed E-state index contributed by atoms with van der Waals surface area (Å²) in [5, 5.41) is 5.31. The largest absolute Gasteiger partial charge is 0.326 e. The van der Waals surface area contributed by atoms with E-state index in [9.17, 15) is 4.79 Å². The van der Waals surface area contributed by atoms with Gasteiger partial charge in [0, 0.05) is 5.69 Å². The van der Waals surface area contributed by atoms with Crippen LogP contribution in [0, 0.1) is 0 Å². The van der Waals surface area contributed by atoms with Crippen molar-refractivity contribution in [3.8, 4) is 0 Å². The van der Waals surface area contributed by atoms with Gasteiger partial charge in [0.1, 0.15) is 0 Å². The Kier molecular flexibility index (Phi) is 1.96. The van der Waals surface area contributed by atoms with E-state index in [0.717, 1.165) is 17.7 Å².